The van der Waals surface area contributed by atoms with Crippen LogP contribution >= 0.6 is 0 Å². The molecule has 0 aromatic rings. The van der Waals surface area contributed by atoms with Gasteiger partial charge in [0.15, 0.2) is 0 Å². The number of rotatable bonds is 3. The number of hydrogen-bond donors (Lipinski definition) is 2. The zero-order valence-electron chi connectivity index (χ0n) is 10.4. The third kappa shape index (κ3) is 1.32. The van der Waals surface area contributed by atoms with Gasteiger partial charge in [-0.15, -0.1) is 0 Å². The van der Waals surface area contributed by atoms with Gasteiger partial charge in [-0.05, 0) is 68.1 Å². The molecule has 0 aliphatic heterocycles. The van der Waals surface area contributed by atoms with E-state index in [1.54, 1.807) is 0 Å². The molecule has 2 nitrogen and oxygen atoms in total. The smallest absolute Gasteiger partial charge is 0.0616 e. The van der Waals surface area contributed by atoms with Crippen molar-refractivity contribution in [2.24, 2.45) is 28.9 Å². The molecule has 4 rings (SSSR count). The van der Waals surface area contributed by atoms with Crippen molar-refractivity contribution in [3.05, 3.63) is 0 Å². The topological polar surface area (TPSA) is 46.2 Å². The average Bonchev–Trinajstić information content (AvgIpc) is 2.26. The fraction of sp³-hybridized carbons (Fsp3) is 1.00. The van der Waals surface area contributed by atoms with E-state index < -0.39 is 0 Å². The second kappa shape index (κ2) is 3.46. The average molecular weight is 223 g/mol. The normalized spacial score (nSPS) is 49.3. The van der Waals surface area contributed by atoms with Gasteiger partial charge in [-0.1, -0.05) is 6.92 Å². The first-order valence-corrected chi connectivity index (χ1v) is 7.00. The lowest BCUT2D eigenvalue weighted by Crippen LogP contribution is -2.64. The molecule has 16 heavy (non-hydrogen) atoms. The number of hydrogen-bond acceptors (Lipinski definition) is 2. The highest BCUT2D eigenvalue weighted by Crippen LogP contribution is 2.63. The summed E-state index contributed by atoms with van der Waals surface area (Å²) in [6, 6.07) is 0. The van der Waals surface area contributed by atoms with Crippen LogP contribution < -0.4 is 5.73 Å². The minimum atomic E-state index is -0.303. The molecule has 4 bridgehead atoms. The Bertz CT molecular complexity index is 247. The lowest BCUT2D eigenvalue weighted by Gasteiger charge is -2.62. The van der Waals surface area contributed by atoms with Crippen LogP contribution in [0, 0.1) is 23.2 Å². The first-order valence-electron chi connectivity index (χ1n) is 7.00. The van der Waals surface area contributed by atoms with Crippen molar-refractivity contribution >= 4 is 0 Å². The minimum absolute atomic E-state index is 0.176. The van der Waals surface area contributed by atoms with E-state index in [0.717, 1.165) is 24.2 Å². The van der Waals surface area contributed by atoms with Gasteiger partial charge < -0.3 is 10.8 Å². The Balaban J connectivity index is 1.93. The Labute approximate surface area is 98.6 Å². The SMILES string of the molecule is CCC(N)(CO)C12CC3CC(CC(C3)C1)C2. The summed E-state index contributed by atoms with van der Waals surface area (Å²) in [4.78, 5) is 0. The summed E-state index contributed by atoms with van der Waals surface area (Å²) >= 11 is 0. The molecule has 0 spiro atoms. The standard InChI is InChI=1S/C14H25NO/c1-2-14(15,9-16)13-6-10-3-11(7-13)5-12(4-10)8-13/h10-12,16H,2-9,15H2,1H3. The lowest BCUT2D eigenvalue weighted by molar-refractivity contribution is -0.111. The largest absolute Gasteiger partial charge is 0.394 e. The second-order valence-corrected chi connectivity index (χ2v) is 6.87. The van der Waals surface area contributed by atoms with Gasteiger partial charge in [0.1, 0.15) is 0 Å². The molecule has 3 N–H and O–H groups in total. The molecule has 4 aliphatic carbocycles. The molecule has 4 aliphatic rings. The van der Waals surface area contributed by atoms with Gasteiger partial charge in [0.25, 0.3) is 0 Å². The molecule has 1 atom stereocenters. The monoisotopic (exact) mass is 223 g/mol. The summed E-state index contributed by atoms with van der Waals surface area (Å²) in [5, 5.41) is 9.72. The van der Waals surface area contributed by atoms with Crippen molar-refractivity contribution < 1.29 is 5.11 Å². The van der Waals surface area contributed by atoms with Gasteiger partial charge in [0.05, 0.1) is 6.61 Å². The van der Waals surface area contributed by atoms with Crippen LogP contribution in [0.5, 0.6) is 0 Å². The van der Waals surface area contributed by atoms with Gasteiger partial charge in [0, 0.05) is 5.54 Å². The molecule has 1 unspecified atom stereocenters. The maximum Gasteiger partial charge on any atom is 0.0616 e. The zero-order valence-corrected chi connectivity index (χ0v) is 10.4. The third-order valence-corrected chi connectivity index (χ3v) is 6.01. The molecule has 92 valence electrons. The van der Waals surface area contributed by atoms with Gasteiger partial charge in [0.2, 0.25) is 0 Å². The summed E-state index contributed by atoms with van der Waals surface area (Å²) < 4.78 is 0. The Morgan fingerprint density at radius 1 is 1.12 bits per heavy atom. The van der Waals surface area contributed by atoms with Crippen molar-refractivity contribution in [3.8, 4) is 0 Å². The predicted molar refractivity (Wildman–Crippen MR) is 64.9 cm³/mol. The van der Waals surface area contributed by atoms with Crippen LogP contribution in [0.25, 0.3) is 0 Å². The van der Waals surface area contributed by atoms with E-state index in [0.29, 0.717) is 0 Å². The van der Waals surface area contributed by atoms with Crippen molar-refractivity contribution in [2.75, 3.05) is 6.61 Å². The van der Waals surface area contributed by atoms with Crippen molar-refractivity contribution in [3.63, 3.8) is 0 Å². The Hall–Kier alpha value is -0.0800. The Morgan fingerprint density at radius 2 is 1.56 bits per heavy atom. The lowest BCUT2D eigenvalue weighted by atomic mass is 9.44. The summed E-state index contributed by atoms with van der Waals surface area (Å²) in [6.45, 7) is 2.32. The van der Waals surface area contributed by atoms with E-state index in [9.17, 15) is 5.11 Å². The summed E-state index contributed by atoms with van der Waals surface area (Å²) in [5.74, 6) is 2.77. The van der Waals surface area contributed by atoms with Crippen molar-refractivity contribution in [1.29, 1.82) is 0 Å². The maximum atomic E-state index is 9.72. The summed E-state index contributed by atoms with van der Waals surface area (Å²) in [6.07, 6.45) is 9.16. The van der Waals surface area contributed by atoms with Crippen LogP contribution in [-0.2, 0) is 0 Å². The van der Waals surface area contributed by atoms with Crippen LogP contribution in [0.15, 0.2) is 0 Å². The molecule has 4 fully saturated rings. The van der Waals surface area contributed by atoms with E-state index >= 15 is 0 Å². The quantitative estimate of drug-likeness (QED) is 0.771. The van der Waals surface area contributed by atoms with E-state index in [1.807, 2.05) is 0 Å². The van der Waals surface area contributed by atoms with Crippen LogP contribution in [0.1, 0.15) is 51.9 Å². The Kier molecular flexibility index (Phi) is 2.38. The van der Waals surface area contributed by atoms with Gasteiger partial charge >= 0.3 is 0 Å². The van der Waals surface area contributed by atoms with Gasteiger partial charge in [-0.25, -0.2) is 0 Å². The highest BCUT2D eigenvalue weighted by Gasteiger charge is 2.58. The zero-order chi connectivity index (χ0) is 11.4. The number of nitrogens with two attached hydrogens (primary N) is 1. The number of aliphatic hydroxyl groups is 1. The van der Waals surface area contributed by atoms with Crippen LogP contribution in [0.2, 0.25) is 0 Å². The molecule has 0 aromatic carbocycles. The van der Waals surface area contributed by atoms with E-state index in [4.69, 9.17) is 5.73 Å². The molecular formula is C14H25NO. The van der Waals surface area contributed by atoms with E-state index in [-0.39, 0.29) is 17.6 Å². The number of aliphatic hydroxyl groups excluding tert-OH is 1. The van der Waals surface area contributed by atoms with Crippen molar-refractivity contribution in [1.82, 2.24) is 0 Å². The first-order chi connectivity index (χ1) is 7.61. The fourth-order valence-corrected chi connectivity index (χ4v) is 5.37. The van der Waals surface area contributed by atoms with E-state index in [1.165, 1.54) is 38.5 Å². The molecular weight excluding hydrogens is 198 g/mol. The van der Waals surface area contributed by atoms with Crippen molar-refractivity contribution in [2.45, 2.75) is 57.4 Å². The molecule has 2 heteroatoms. The maximum absolute atomic E-state index is 9.72. The highest BCUT2D eigenvalue weighted by atomic mass is 16.3. The highest BCUT2D eigenvalue weighted by molar-refractivity contribution is 5.11. The molecule has 0 heterocycles. The fourth-order valence-electron chi connectivity index (χ4n) is 5.37. The van der Waals surface area contributed by atoms with Crippen LogP contribution in [0.4, 0.5) is 0 Å². The molecule has 4 saturated carbocycles. The predicted octanol–water partition coefficient (Wildman–Crippen LogP) is 2.30. The minimum Gasteiger partial charge on any atom is -0.394 e. The first kappa shape index (κ1) is 11.0. The van der Waals surface area contributed by atoms with E-state index in [2.05, 4.69) is 6.92 Å². The second-order valence-electron chi connectivity index (χ2n) is 6.87. The molecule has 0 amide bonds. The third-order valence-electron chi connectivity index (χ3n) is 6.01. The van der Waals surface area contributed by atoms with Gasteiger partial charge in [-0.3, -0.25) is 0 Å². The Morgan fingerprint density at radius 3 is 1.88 bits per heavy atom. The summed E-state index contributed by atoms with van der Waals surface area (Å²) in [5.41, 5.74) is 6.53. The molecule has 0 saturated heterocycles. The van der Waals surface area contributed by atoms with Gasteiger partial charge in [-0.2, -0.15) is 0 Å². The van der Waals surface area contributed by atoms with Crippen LogP contribution in [-0.4, -0.2) is 17.3 Å². The molecule has 0 aromatic heterocycles. The van der Waals surface area contributed by atoms with Crippen LogP contribution in [0.3, 0.4) is 0 Å². The molecule has 0 radical (unpaired) electrons. The summed E-state index contributed by atoms with van der Waals surface area (Å²) in [7, 11) is 0.